The number of hydrogen-bond acceptors (Lipinski definition) is 6. The monoisotopic (exact) mass is 301 g/mol. The fourth-order valence-corrected chi connectivity index (χ4v) is 1.70. The Labute approximate surface area is 127 Å². The second kappa shape index (κ2) is 7.02. The molecule has 0 atom stereocenters. The first-order chi connectivity index (χ1) is 10.6. The van der Waals surface area contributed by atoms with Crippen molar-refractivity contribution in [1.82, 2.24) is 15.4 Å². The van der Waals surface area contributed by atoms with Crippen LogP contribution in [0, 0.1) is 0 Å². The van der Waals surface area contributed by atoms with E-state index in [9.17, 15) is 4.79 Å². The Morgan fingerprint density at radius 1 is 1.23 bits per heavy atom. The minimum Gasteiger partial charge on any atom is -0.493 e. The van der Waals surface area contributed by atoms with Gasteiger partial charge in [-0.15, -0.1) is 0 Å². The molecule has 2 amide bonds. The van der Waals surface area contributed by atoms with Crippen molar-refractivity contribution >= 4 is 12.2 Å². The number of aromatic nitrogens is 2. The molecule has 1 heterocycles. The molecule has 0 saturated heterocycles. The Bertz CT molecular complexity index is 685. The molecule has 1 aromatic carbocycles. The lowest BCUT2D eigenvalue weighted by atomic mass is 10.2. The summed E-state index contributed by atoms with van der Waals surface area (Å²) in [6.45, 7) is 0. The van der Waals surface area contributed by atoms with Gasteiger partial charge in [-0.1, -0.05) is 0 Å². The lowest BCUT2D eigenvalue weighted by Gasteiger charge is -2.08. The van der Waals surface area contributed by atoms with Gasteiger partial charge in [0.1, 0.15) is 0 Å². The summed E-state index contributed by atoms with van der Waals surface area (Å²) in [4.78, 5) is 19.0. The van der Waals surface area contributed by atoms with Crippen molar-refractivity contribution in [2.75, 3.05) is 14.2 Å². The molecular weight excluding hydrogens is 286 g/mol. The van der Waals surface area contributed by atoms with Crippen molar-refractivity contribution in [3.8, 4) is 22.9 Å². The number of benzene rings is 1. The van der Waals surface area contributed by atoms with Gasteiger partial charge in [0.15, 0.2) is 17.3 Å². The average Bonchev–Trinajstić information content (AvgIpc) is 2.54. The first-order valence-electron chi connectivity index (χ1n) is 6.27. The number of ether oxygens (including phenoxy) is 2. The Hall–Kier alpha value is -3.16. The van der Waals surface area contributed by atoms with E-state index in [1.54, 1.807) is 38.7 Å². The number of nitrogens with two attached hydrogens (primary N) is 1. The molecule has 0 bridgehead atoms. The van der Waals surface area contributed by atoms with Crippen LogP contribution in [-0.2, 0) is 0 Å². The van der Waals surface area contributed by atoms with E-state index in [-0.39, 0.29) is 0 Å². The van der Waals surface area contributed by atoms with E-state index < -0.39 is 6.03 Å². The predicted molar refractivity (Wildman–Crippen MR) is 80.9 cm³/mol. The Morgan fingerprint density at radius 2 is 1.91 bits per heavy atom. The van der Waals surface area contributed by atoms with Crippen LogP contribution in [0.25, 0.3) is 11.4 Å². The molecule has 0 radical (unpaired) electrons. The zero-order valence-electron chi connectivity index (χ0n) is 12.1. The van der Waals surface area contributed by atoms with Gasteiger partial charge in [0.25, 0.3) is 0 Å². The van der Waals surface area contributed by atoms with Crippen molar-refractivity contribution in [3.05, 3.63) is 36.2 Å². The highest BCUT2D eigenvalue weighted by Crippen LogP contribution is 2.30. The molecule has 2 aromatic rings. The first kappa shape index (κ1) is 15.2. The zero-order chi connectivity index (χ0) is 15.9. The van der Waals surface area contributed by atoms with Gasteiger partial charge in [0.2, 0.25) is 0 Å². The fourth-order valence-electron chi connectivity index (χ4n) is 1.70. The van der Waals surface area contributed by atoms with Crippen LogP contribution >= 0.6 is 0 Å². The maximum atomic E-state index is 10.5. The molecule has 0 saturated carbocycles. The van der Waals surface area contributed by atoms with Crippen LogP contribution in [0.4, 0.5) is 4.79 Å². The van der Waals surface area contributed by atoms with Crippen molar-refractivity contribution < 1.29 is 14.3 Å². The summed E-state index contributed by atoms with van der Waals surface area (Å²) >= 11 is 0. The summed E-state index contributed by atoms with van der Waals surface area (Å²) in [6, 6.07) is 4.67. The summed E-state index contributed by atoms with van der Waals surface area (Å²) in [7, 11) is 3.13. The van der Waals surface area contributed by atoms with E-state index in [1.807, 2.05) is 6.07 Å². The van der Waals surface area contributed by atoms with Crippen LogP contribution in [0.5, 0.6) is 11.5 Å². The van der Waals surface area contributed by atoms with Crippen LogP contribution < -0.4 is 20.6 Å². The van der Waals surface area contributed by atoms with Crippen LogP contribution in [0.1, 0.15) is 5.56 Å². The molecular formula is C14H15N5O3. The number of primary amides is 1. The van der Waals surface area contributed by atoms with Gasteiger partial charge >= 0.3 is 6.03 Å². The number of methoxy groups -OCH3 is 2. The first-order valence-corrected chi connectivity index (χ1v) is 6.27. The number of hydrogen-bond donors (Lipinski definition) is 2. The number of urea groups is 1. The number of rotatable bonds is 5. The number of nitrogens with zero attached hydrogens (tertiary/aromatic N) is 3. The topological polar surface area (TPSA) is 112 Å². The molecule has 0 spiro atoms. The van der Waals surface area contributed by atoms with E-state index in [1.165, 1.54) is 6.21 Å². The summed E-state index contributed by atoms with van der Waals surface area (Å²) in [5, 5.41) is 3.63. The van der Waals surface area contributed by atoms with Gasteiger partial charge in [-0.2, -0.15) is 5.10 Å². The van der Waals surface area contributed by atoms with Crippen molar-refractivity contribution in [2.45, 2.75) is 0 Å². The molecule has 0 fully saturated rings. The van der Waals surface area contributed by atoms with Crippen molar-refractivity contribution in [1.29, 1.82) is 0 Å². The molecule has 22 heavy (non-hydrogen) atoms. The number of carbonyl (C=O) groups excluding carboxylic acids is 1. The minimum absolute atomic E-state index is 0.529. The predicted octanol–water partition coefficient (Wildman–Crippen LogP) is 1.16. The quantitative estimate of drug-likeness (QED) is 0.636. The second-order valence-corrected chi connectivity index (χ2v) is 4.14. The molecule has 3 N–H and O–H groups in total. The molecule has 2 rings (SSSR count). The van der Waals surface area contributed by atoms with Crippen LogP contribution in [0.15, 0.2) is 35.7 Å². The van der Waals surface area contributed by atoms with Gasteiger partial charge in [0.05, 0.1) is 20.4 Å². The normalized spacial score (nSPS) is 10.5. The van der Waals surface area contributed by atoms with Crippen molar-refractivity contribution in [3.63, 3.8) is 0 Å². The van der Waals surface area contributed by atoms with Gasteiger partial charge < -0.3 is 15.2 Å². The van der Waals surface area contributed by atoms with Crippen molar-refractivity contribution in [2.24, 2.45) is 10.8 Å². The molecule has 1 aromatic heterocycles. The van der Waals surface area contributed by atoms with E-state index >= 15 is 0 Å². The standard InChI is InChI=1S/C14H15N5O3/c1-21-11-4-3-10(5-12(11)22-2)13-16-6-9(7-17-13)8-18-19-14(15)20/h3-8H,1-2H3,(H3,15,19,20)/b18-8-. The largest absolute Gasteiger partial charge is 0.493 e. The lowest BCUT2D eigenvalue weighted by Crippen LogP contribution is -2.24. The molecule has 0 aliphatic rings. The van der Waals surface area contributed by atoms with E-state index in [4.69, 9.17) is 15.2 Å². The molecule has 0 aliphatic carbocycles. The van der Waals surface area contributed by atoms with E-state index in [2.05, 4.69) is 20.5 Å². The summed E-state index contributed by atoms with van der Waals surface area (Å²) in [6.07, 6.45) is 4.54. The van der Waals surface area contributed by atoms with E-state index in [0.29, 0.717) is 22.9 Å². The van der Waals surface area contributed by atoms with Gasteiger partial charge in [0, 0.05) is 23.5 Å². The van der Waals surface area contributed by atoms with Crippen LogP contribution in [-0.4, -0.2) is 36.4 Å². The molecule has 0 aliphatic heterocycles. The second-order valence-electron chi connectivity index (χ2n) is 4.14. The highest BCUT2D eigenvalue weighted by atomic mass is 16.5. The third-order valence-electron chi connectivity index (χ3n) is 2.70. The summed E-state index contributed by atoms with van der Waals surface area (Å²) in [5.74, 6) is 1.76. The Balaban J connectivity index is 2.20. The lowest BCUT2D eigenvalue weighted by molar-refractivity contribution is 0.249. The maximum absolute atomic E-state index is 10.5. The fraction of sp³-hybridized carbons (Fsp3) is 0.143. The third kappa shape index (κ3) is 3.69. The smallest absolute Gasteiger partial charge is 0.332 e. The Morgan fingerprint density at radius 3 is 2.50 bits per heavy atom. The average molecular weight is 301 g/mol. The number of nitrogens with one attached hydrogen (secondary N) is 1. The molecule has 0 unspecified atom stereocenters. The van der Waals surface area contributed by atoms with Crippen LogP contribution in [0.2, 0.25) is 0 Å². The number of hydrazone groups is 1. The molecule has 8 nitrogen and oxygen atoms in total. The minimum atomic E-state index is -0.737. The zero-order valence-corrected chi connectivity index (χ0v) is 12.1. The Kier molecular flexibility index (Phi) is 4.86. The van der Waals surface area contributed by atoms with Gasteiger partial charge in [-0.05, 0) is 18.2 Å². The molecule has 8 heteroatoms. The summed E-state index contributed by atoms with van der Waals surface area (Å²) < 4.78 is 10.4. The number of carbonyl (C=O) groups is 1. The molecule has 114 valence electrons. The summed E-state index contributed by atoms with van der Waals surface area (Å²) in [5.41, 5.74) is 8.39. The van der Waals surface area contributed by atoms with Crippen LogP contribution in [0.3, 0.4) is 0 Å². The van der Waals surface area contributed by atoms with Gasteiger partial charge in [-0.25, -0.2) is 20.2 Å². The highest BCUT2D eigenvalue weighted by Gasteiger charge is 2.07. The third-order valence-corrected chi connectivity index (χ3v) is 2.70. The van der Waals surface area contributed by atoms with E-state index in [0.717, 1.165) is 5.56 Å². The number of amides is 2. The highest BCUT2D eigenvalue weighted by molar-refractivity contribution is 5.80. The SMILES string of the molecule is COc1ccc(-c2ncc(/C=N\NC(N)=O)cn2)cc1OC. The van der Waals surface area contributed by atoms with Gasteiger partial charge in [-0.3, -0.25) is 0 Å². The maximum Gasteiger partial charge on any atom is 0.332 e.